The number of methoxy groups -OCH3 is 2. The summed E-state index contributed by atoms with van der Waals surface area (Å²) >= 11 is 0. The molecule has 0 atom stereocenters. The van der Waals surface area contributed by atoms with Crippen LogP contribution in [0.15, 0.2) is 48.5 Å². The molecule has 0 saturated heterocycles. The number of hydrogen-bond acceptors (Lipinski definition) is 3. The van der Waals surface area contributed by atoms with Crippen LogP contribution in [0.25, 0.3) is 0 Å². The molecule has 0 amide bonds. The van der Waals surface area contributed by atoms with Gasteiger partial charge in [-0.05, 0) is 47.9 Å². The summed E-state index contributed by atoms with van der Waals surface area (Å²) in [6.07, 6.45) is 0. The van der Waals surface area contributed by atoms with Crippen molar-refractivity contribution in [3.63, 3.8) is 0 Å². The van der Waals surface area contributed by atoms with Crippen LogP contribution in [-0.2, 0) is 6.54 Å². The van der Waals surface area contributed by atoms with Gasteiger partial charge in [0.1, 0.15) is 11.5 Å². The largest absolute Gasteiger partial charge is 0.497 e. The molecule has 2 aromatic carbocycles. The van der Waals surface area contributed by atoms with Gasteiger partial charge in [-0.15, -0.1) is 0 Å². The van der Waals surface area contributed by atoms with E-state index in [0.29, 0.717) is 5.92 Å². The van der Waals surface area contributed by atoms with E-state index in [1.54, 1.807) is 14.2 Å². The molecule has 3 nitrogen and oxygen atoms in total. The minimum atomic E-state index is 0.590. The van der Waals surface area contributed by atoms with E-state index in [1.165, 1.54) is 11.3 Å². The second kappa shape index (κ2) is 7.74. The van der Waals surface area contributed by atoms with Gasteiger partial charge in [-0.25, -0.2) is 0 Å². The monoisotopic (exact) mass is 299 g/mol. The van der Waals surface area contributed by atoms with Crippen molar-refractivity contribution in [3.05, 3.63) is 54.1 Å². The summed E-state index contributed by atoms with van der Waals surface area (Å²) < 4.78 is 10.6. The van der Waals surface area contributed by atoms with Gasteiger partial charge in [0.05, 0.1) is 14.2 Å². The Morgan fingerprint density at radius 3 is 2.18 bits per heavy atom. The zero-order valence-corrected chi connectivity index (χ0v) is 13.9. The molecule has 118 valence electrons. The molecule has 0 saturated carbocycles. The van der Waals surface area contributed by atoms with E-state index in [-0.39, 0.29) is 0 Å². The molecule has 0 spiro atoms. The molecule has 3 heteroatoms. The first-order valence-corrected chi connectivity index (χ1v) is 7.64. The lowest BCUT2D eigenvalue weighted by Crippen LogP contribution is -2.27. The highest BCUT2D eigenvalue weighted by atomic mass is 16.5. The van der Waals surface area contributed by atoms with Gasteiger partial charge in [-0.1, -0.05) is 26.0 Å². The Hall–Kier alpha value is -2.16. The Balaban J connectivity index is 2.20. The molecular weight excluding hydrogens is 274 g/mol. The Morgan fingerprint density at radius 1 is 0.909 bits per heavy atom. The van der Waals surface area contributed by atoms with Crippen LogP contribution in [0.3, 0.4) is 0 Å². The summed E-state index contributed by atoms with van der Waals surface area (Å²) in [7, 11) is 3.39. The van der Waals surface area contributed by atoms with Gasteiger partial charge in [0, 0.05) is 18.8 Å². The predicted molar refractivity (Wildman–Crippen MR) is 91.9 cm³/mol. The normalized spacial score (nSPS) is 10.6. The quantitative estimate of drug-likeness (QED) is 0.758. The van der Waals surface area contributed by atoms with Crippen molar-refractivity contribution < 1.29 is 9.47 Å². The Morgan fingerprint density at radius 2 is 1.59 bits per heavy atom. The molecule has 0 aromatic heterocycles. The summed E-state index contributed by atoms with van der Waals surface area (Å²) in [5.41, 5.74) is 2.45. The van der Waals surface area contributed by atoms with Crippen LogP contribution >= 0.6 is 0 Å². The SMILES string of the molecule is COc1ccc(N(Cc2cccc(OC)c2)CC(C)C)cc1. The molecule has 0 aliphatic heterocycles. The number of benzene rings is 2. The third kappa shape index (κ3) is 4.42. The van der Waals surface area contributed by atoms with E-state index < -0.39 is 0 Å². The molecular formula is C19H25NO2. The Labute approximate surface area is 133 Å². The molecule has 0 N–H and O–H groups in total. The third-order valence-electron chi connectivity index (χ3n) is 3.53. The lowest BCUT2D eigenvalue weighted by molar-refractivity contribution is 0.414. The lowest BCUT2D eigenvalue weighted by atomic mass is 10.1. The first-order valence-electron chi connectivity index (χ1n) is 7.64. The summed E-state index contributed by atoms with van der Waals surface area (Å²) in [6, 6.07) is 16.5. The van der Waals surface area contributed by atoms with Crippen molar-refractivity contribution in [3.8, 4) is 11.5 Å². The van der Waals surface area contributed by atoms with Gasteiger partial charge >= 0.3 is 0 Å². The van der Waals surface area contributed by atoms with Gasteiger partial charge in [-0.3, -0.25) is 0 Å². The van der Waals surface area contributed by atoms with Crippen molar-refractivity contribution in [1.82, 2.24) is 0 Å². The van der Waals surface area contributed by atoms with Crippen LogP contribution in [0.2, 0.25) is 0 Å². The molecule has 0 aliphatic carbocycles. The fourth-order valence-corrected chi connectivity index (χ4v) is 2.49. The number of anilines is 1. The van der Waals surface area contributed by atoms with Crippen molar-refractivity contribution in [2.45, 2.75) is 20.4 Å². The minimum absolute atomic E-state index is 0.590. The van der Waals surface area contributed by atoms with E-state index in [0.717, 1.165) is 24.6 Å². The average molecular weight is 299 g/mol. The van der Waals surface area contributed by atoms with E-state index >= 15 is 0 Å². The molecule has 2 aromatic rings. The number of ether oxygens (including phenoxy) is 2. The molecule has 0 unspecified atom stereocenters. The molecule has 0 fully saturated rings. The first-order chi connectivity index (χ1) is 10.6. The van der Waals surface area contributed by atoms with E-state index in [1.807, 2.05) is 24.3 Å². The Bertz CT molecular complexity index is 578. The molecule has 22 heavy (non-hydrogen) atoms. The minimum Gasteiger partial charge on any atom is -0.497 e. The highest BCUT2D eigenvalue weighted by molar-refractivity contribution is 5.50. The smallest absolute Gasteiger partial charge is 0.119 e. The highest BCUT2D eigenvalue weighted by Gasteiger charge is 2.10. The van der Waals surface area contributed by atoms with Gasteiger partial charge in [-0.2, -0.15) is 0 Å². The van der Waals surface area contributed by atoms with Gasteiger partial charge < -0.3 is 14.4 Å². The standard InChI is InChI=1S/C19H25NO2/c1-15(2)13-20(17-8-10-18(21-3)11-9-17)14-16-6-5-7-19(12-16)22-4/h5-12,15H,13-14H2,1-4H3. The van der Waals surface area contributed by atoms with Crippen molar-refractivity contribution in [2.24, 2.45) is 5.92 Å². The fourth-order valence-electron chi connectivity index (χ4n) is 2.49. The zero-order chi connectivity index (χ0) is 15.9. The highest BCUT2D eigenvalue weighted by Crippen LogP contribution is 2.23. The lowest BCUT2D eigenvalue weighted by Gasteiger charge is -2.27. The maximum absolute atomic E-state index is 5.32. The number of rotatable bonds is 7. The van der Waals surface area contributed by atoms with Crippen LogP contribution in [-0.4, -0.2) is 20.8 Å². The van der Waals surface area contributed by atoms with Crippen LogP contribution in [0, 0.1) is 5.92 Å². The van der Waals surface area contributed by atoms with Gasteiger partial charge in [0.15, 0.2) is 0 Å². The molecule has 2 rings (SSSR count). The van der Waals surface area contributed by atoms with Crippen LogP contribution in [0.1, 0.15) is 19.4 Å². The Kier molecular flexibility index (Phi) is 5.70. The van der Waals surface area contributed by atoms with E-state index in [4.69, 9.17) is 9.47 Å². The third-order valence-corrected chi connectivity index (χ3v) is 3.53. The maximum atomic E-state index is 5.32. The topological polar surface area (TPSA) is 21.7 Å². The van der Waals surface area contributed by atoms with E-state index in [9.17, 15) is 0 Å². The van der Waals surface area contributed by atoms with Crippen molar-refractivity contribution in [1.29, 1.82) is 0 Å². The predicted octanol–water partition coefficient (Wildman–Crippen LogP) is 4.37. The second-order valence-corrected chi connectivity index (χ2v) is 5.82. The van der Waals surface area contributed by atoms with Gasteiger partial charge in [0.25, 0.3) is 0 Å². The number of nitrogens with zero attached hydrogens (tertiary/aromatic N) is 1. The summed E-state index contributed by atoms with van der Waals surface area (Å²) in [6.45, 7) is 6.34. The molecule has 0 aliphatic rings. The summed E-state index contributed by atoms with van der Waals surface area (Å²) in [5, 5.41) is 0. The molecule has 0 radical (unpaired) electrons. The molecule has 0 bridgehead atoms. The fraction of sp³-hybridized carbons (Fsp3) is 0.368. The molecule has 0 heterocycles. The zero-order valence-electron chi connectivity index (χ0n) is 13.9. The number of hydrogen-bond donors (Lipinski definition) is 0. The van der Waals surface area contributed by atoms with Crippen molar-refractivity contribution >= 4 is 5.69 Å². The maximum Gasteiger partial charge on any atom is 0.119 e. The van der Waals surface area contributed by atoms with Crippen LogP contribution in [0.5, 0.6) is 11.5 Å². The second-order valence-electron chi connectivity index (χ2n) is 5.82. The van der Waals surface area contributed by atoms with Crippen molar-refractivity contribution in [2.75, 3.05) is 25.7 Å². The van der Waals surface area contributed by atoms with Crippen LogP contribution in [0.4, 0.5) is 5.69 Å². The summed E-state index contributed by atoms with van der Waals surface area (Å²) in [4.78, 5) is 2.39. The summed E-state index contributed by atoms with van der Waals surface area (Å²) in [5.74, 6) is 2.37. The van der Waals surface area contributed by atoms with E-state index in [2.05, 4.69) is 43.0 Å². The first kappa shape index (κ1) is 16.2. The van der Waals surface area contributed by atoms with Crippen LogP contribution < -0.4 is 14.4 Å². The van der Waals surface area contributed by atoms with Gasteiger partial charge in [0.2, 0.25) is 0 Å². The average Bonchev–Trinajstić information content (AvgIpc) is 2.54.